The summed E-state index contributed by atoms with van der Waals surface area (Å²) < 4.78 is 66.8. The lowest BCUT2D eigenvalue weighted by atomic mass is 10.1. The molecule has 0 fully saturated rings. The Labute approximate surface area is 139 Å². The molecule has 1 N–H and O–H groups in total. The first-order valence-electron chi connectivity index (χ1n) is 5.52. The van der Waals surface area contributed by atoms with Crippen LogP contribution in [-0.2, 0) is 0 Å². The van der Waals surface area contributed by atoms with E-state index in [-0.39, 0.29) is 10.7 Å². The van der Waals surface area contributed by atoms with Crippen LogP contribution in [0.25, 0.3) is 0 Å². The second-order valence-corrected chi connectivity index (χ2v) is 5.68. The van der Waals surface area contributed by atoms with Gasteiger partial charge >= 0.3 is 0 Å². The van der Waals surface area contributed by atoms with Gasteiger partial charge in [0.05, 0.1) is 10.7 Å². The van der Waals surface area contributed by atoms with Gasteiger partial charge in [-0.05, 0) is 40.8 Å². The number of carbonyl (C=O) groups is 1. The maximum absolute atomic E-state index is 13.5. The zero-order valence-electron chi connectivity index (χ0n) is 10.3. The fraction of sp³-hybridized carbons (Fsp3) is 0. The molecule has 1 amide bonds. The minimum atomic E-state index is -2.33. The molecule has 2 nitrogen and oxygen atoms in total. The minimum Gasteiger partial charge on any atom is -0.320 e. The number of carbonyl (C=O) groups excluding carboxylic acids is 1. The summed E-state index contributed by atoms with van der Waals surface area (Å²) in [6.45, 7) is 0. The van der Waals surface area contributed by atoms with Crippen molar-refractivity contribution in [2.75, 3.05) is 5.32 Å². The molecule has 2 rings (SSSR count). The first-order valence-corrected chi connectivity index (χ1v) is 6.97. The van der Waals surface area contributed by atoms with E-state index in [4.69, 9.17) is 11.6 Å². The molecule has 0 atom stereocenters. The van der Waals surface area contributed by atoms with Crippen LogP contribution in [0.5, 0.6) is 0 Å². The van der Waals surface area contributed by atoms with Crippen molar-refractivity contribution >= 4 is 45.8 Å². The summed E-state index contributed by atoms with van der Waals surface area (Å²) in [7, 11) is 0. The maximum Gasteiger partial charge on any atom is 0.261 e. The van der Waals surface area contributed by atoms with Crippen molar-refractivity contribution in [1.29, 1.82) is 0 Å². The Morgan fingerprint density at radius 2 is 1.45 bits per heavy atom. The predicted molar refractivity (Wildman–Crippen MR) is 78.4 cm³/mol. The van der Waals surface area contributed by atoms with Crippen molar-refractivity contribution in [1.82, 2.24) is 0 Å². The smallest absolute Gasteiger partial charge is 0.261 e. The summed E-state index contributed by atoms with van der Waals surface area (Å²) in [5.41, 5.74) is -1.61. The van der Waals surface area contributed by atoms with Crippen LogP contribution in [0.1, 0.15) is 10.4 Å². The maximum atomic E-state index is 13.5. The normalized spacial score (nSPS) is 10.7. The lowest BCUT2D eigenvalue weighted by molar-refractivity contribution is 0.101. The fourth-order valence-corrected chi connectivity index (χ4v) is 2.48. The van der Waals surface area contributed by atoms with Crippen molar-refractivity contribution < 1.29 is 26.7 Å². The lowest BCUT2D eigenvalue weighted by Crippen LogP contribution is -2.19. The van der Waals surface area contributed by atoms with E-state index in [0.717, 1.165) is 3.57 Å². The summed E-state index contributed by atoms with van der Waals surface area (Å²) in [5.74, 6) is -12.7. The summed E-state index contributed by atoms with van der Waals surface area (Å²) >= 11 is 7.75. The molecule has 0 spiro atoms. The van der Waals surface area contributed by atoms with E-state index in [1.165, 1.54) is 18.2 Å². The van der Waals surface area contributed by atoms with Gasteiger partial charge in [0, 0.05) is 3.57 Å². The Morgan fingerprint density at radius 3 is 1.95 bits per heavy atom. The van der Waals surface area contributed by atoms with Gasteiger partial charge < -0.3 is 5.32 Å². The second-order valence-electron chi connectivity index (χ2n) is 4.02. The molecule has 2 aromatic carbocycles. The molecule has 116 valence electrons. The van der Waals surface area contributed by atoms with Crippen LogP contribution >= 0.6 is 34.2 Å². The van der Waals surface area contributed by atoms with Crippen molar-refractivity contribution in [2.24, 2.45) is 0 Å². The van der Waals surface area contributed by atoms with E-state index in [1.54, 1.807) is 0 Å². The highest BCUT2D eigenvalue weighted by molar-refractivity contribution is 14.1. The third kappa shape index (κ3) is 3.02. The Balaban J connectivity index is 2.46. The largest absolute Gasteiger partial charge is 0.320 e. The van der Waals surface area contributed by atoms with Crippen molar-refractivity contribution in [3.05, 3.63) is 61.4 Å². The van der Waals surface area contributed by atoms with E-state index in [9.17, 15) is 26.7 Å². The second kappa shape index (κ2) is 6.37. The molecule has 0 aliphatic rings. The zero-order valence-corrected chi connectivity index (χ0v) is 13.2. The summed E-state index contributed by atoms with van der Waals surface area (Å²) in [6.07, 6.45) is 0. The number of hydrogen-bond donors (Lipinski definition) is 1. The minimum absolute atomic E-state index is 0.0315. The van der Waals surface area contributed by atoms with Gasteiger partial charge in [0.15, 0.2) is 23.3 Å². The summed E-state index contributed by atoms with van der Waals surface area (Å²) in [4.78, 5) is 11.8. The van der Waals surface area contributed by atoms with Crippen LogP contribution in [0.15, 0.2) is 18.2 Å². The first-order chi connectivity index (χ1) is 10.2. The highest BCUT2D eigenvalue weighted by Gasteiger charge is 2.29. The van der Waals surface area contributed by atoms with Gasteiger partial charge in [-0.2, -0.15) is 0 Å². The predicted octanol–water partition coefficient (Wildman–Crippen LogP) is 4.89. The molecule has 0 aromatic heterocycles. The molecule has 0 aliphatic heterocycles. The molecule has 0 saturated carbocycles. The lowest BCUT2D eigenvalue weighted by Gasteiger charge is -2.10. The van der Waals surface area contributed by atoms with Gasteiger partial charge in [-0.1, -0.05) is 11.6 Å². The van der Waals surface area contributed by atoms with Gasteiger partial charge in [0.2, 0.25) is 5.82 Å². The van der Waals surface area contributed by atoms with E-state index >= 15 is 0 Å². The summed E-state index contributed by atoms with van der Waals surface area (Å²) in [5, 5.41) is 2.04. The molecule has 0 bridgehead atoms. The van der Waals surface area contributed by atoms with Crippen molar-refractivity contribution in [3.63, 3.8) is 0 Å². The van der Waals surface area contributed by atoms with Gasteiger partial charge in [0.25, 0.3) is 5.91 Å². The van der Waals surface area contributed by atoms with Crippen LogP contribution in [0, 0.1) is 32.7 Å². The number of benzene rings is 2. The van der Waals surface area contributed by atoms with E-state index in [0.29, 0.717) is 0 Å². The Morgan fingerprint density at radius 1 is 0.955 bits per heavy atom. The van der Waals surface area contributed by atoms with E-state index in [1.807, 2.05) is 27.9 Å². The standard InChI is InChI=1S/C13H4ClF5INO/c14-5-3-4(20)1-2-6(5)21-13(22)7-8(15)10(17)12(19)11(18)9(7)16/h1-3H,(H,21,22). The Kier molecular flexibility index (Phi) is 4.90. The van der Waals surface area contributed by atoms with Crippen LogP contribution < -0.4 is 5.32 Å². The SMILES string of the molecule is O=C(Nc1ccc(I)cc1Cl)c1c(F)c(F)c(F)c(F)c1F. The number of nitrogens with one attached hydrogen (secondary N) is 1. The molecule has 0 radical (unpaired) electrons. The van der Waals surface area contributed by atoms with Gasteiger partial charge in [-0.25, -0.2) is 22.0 Å². The molecule has 9 heteroatoms. The van der Waals surface area contributed by atoms with Crippen molar-refractivity contribution in [2.45, 2.75) is 0 Å². The topological polar surface area (TPSA) is 29.1 Å². The first kappa shape index (κ1) is 16.9. The highest BCUT2D eigenvalue weighted by atomic mass is 127. The third-order valence-electron chi connectivity index (χ3n) is 2.62. The molecule has 0 aliphatic carbocycles. The highest BCUT2D eigenvalue weighted by Crippen LogP contribution is 2.27. The quantitative estimate of drug-likeness (QED) is 0.302. The van der Waals surface area contributed by atoms with Gasteiger partial charge in [0.1, 0.15) is 5.56 Å². The number of rotatable bonds is 2. The molecule has 2 aromatic rings. The monoisotopic (exact) mass is 447 g/mol. The number of hydrogen-bond acceptors (Lipinski definition) is 1. The van der Waals surface area contributed by atoms with Crippen molar-refractivity contribution in [3.8, 4) is 0 Å². The molecular weight excluding hydrogens is 443 g/mol. The number of halogens is 7. The average Bonchev–Trinajstić information content (AvgIpc) is 2.46. The zero-order chi connectivity index (χ0) is 16.6. The van der Waals surface area contributed by atoms with Gasteiger partial charge in [-0.3, -0.25) is 4.79 Å². The van der Waals surface area contributed by atoms with Crippen LogP contribution in [0.4, 0.5) is 27.6 Å². The van der Waals surface area contributed by atoms with Gasteiger partial charge in [-0.15, -0.1) is 0 Å². The molecule has 0 unspecified atom stereocenters. The average molecular weight is 448 g/mol. The van der Waals surface area contributed by atoms with Crippen LogP contribution in [0.3, 0.4) is 0 Å². The van der Waals surface area contributed by atoms with E-state index < -0.39 is 40.6 Å². The van der Waals surface area contributed by atoms with E-state index in [2.05, 4.69) is 0 Å². The fourth-order valence-electron chi connectivity index (χ4n) is 1.58. The third-order valence-corrected chi connectivity index (χ3v) is 3.60. The Hall–Kier alpha value is -1.42. The van der Waals surface area contributed by atoms with Crippen LogP contribution in [0.2, 0.25) is 5.02 Å². The summed E-state index contributed by atoms with van der Waals surface area (Å²) in [6, 6.07) is 4.30. The number of anilines is 1. The molecule has 0 saturated heterocycles. The molecule has 0 heterocycles. The molecule has 22 heavy (non-hydrogen) atoms. The Bertz CT molecular complexity index is 755. The van der Waals surface area contributed by atoms with Crippen LogP contribution in [-0.4, -0.2) is 5.91 Å². The number of amides is 1. The molecular formula is C13H4ClF5INO.